The van der Waals surface area contributed by atoms with Crippen molar-refractivity contribution in [2.75, 3.05) is 18.0 Å². The molecule has 0 saturated carbocycles. The van der Waals surface area contributed by atoms with Crippen molar-refractivity contribution in [2.24, 2.45) is 5.92 Å². The second-order valence-electron chi connectivity index (χ2n) is 22.0. The van der Waals surface area contributed by atoms with Gasteiger partial charge in [-0.25, -0.2) is 0 Å². The Balaban J connectivity index is 2.03. The van der Waals surface area contributed by atoms with Gasteiger partial charge in [-0.05, 0) is 61.6 Å². The molecule has 0 aliphatic heterocycles. The summed E-state index contributed by atoms with van der Waals surface area (Å²) in [5.74, 6) is 6.18. The van der Waals surface area contributed by atoms with E-state index in [2.05, 4.69) is 232 Å². The topological polar surface area (TPSA) is 3.24 Å². The molecular weight excluding hydrogens is 813 g/mol. The van der Waals surface area contributed by atoms with Crippen molar-refractivity contribution in [2.45, 2.75) is 5.41 Å². The largest absolute Gasteiger partial charge is 0.366 e. The SMILES string of the molecule is BC(=C)/C(B)=C(/B)C1=C(B)C2(C(=C(B)B)/C1=C(/B)C(B)=C)c1cc(N(C/C(B)=C(B)\C(B)=C(\B)C#C)C/C(B)=C(B)\C(=C(\B)C#C)c3c(B)c(B)c(B)c(B)c3B)c(B)c(B)c1C1=C(B)C(B)=C(B)C12. The van der Waals surface area contributed by atoms with Gasteiger partial charge in [0.25, 0.3) is 0 Å². The van der Waals surface area contributed by atoms with Crippen LogP contribution >= 0.6 is 0 Å². The van der Waals surface area contributed by atoms with Crippen LogP contribution in [0.5, 0.6) is 0 Å². The Hall–Kier alpha value is -4.14. The Morgan fingerprint density at radius 2 is 1.09 bits per heavy atom. The first-order valence-electron chi connectivity index (χ1n) is 25.5. The Morgan fingerprint density at radius 3 is 1.56 bits per heavy atom. The molecule has 3 aliphatic carbocycles. The lowest BCUT2D eigenvalue weighted by molar-refractivity contribution is 0.575. The van der Waals surface area contributed by atoms with E-state index >= 15 is 0 Å². The third kappa shape index (κ3) is 8.96. The van der Waals surface area contributed by atoms with Crippen molar-refractivity contribution in [3.63, 3.8) is 0 Å². The minimum absolute atomic E-state index is 0.150. The molecule has 0 aromatic heterocycles. The van der Waals surface area contributed by atoms with Gasteiger partial charge in [0.15, 0.2) is 7.85 Å². The third-order valence-corrected chi connectivity index (χ3v) is 18.3. The first-order valence-corrected chi connectivity index (χ1v) is 25.5. The fourth-order valence-corrected chi connectivity index (χ4v) is 12.4. The first kappa shape index (κ1) is 56.8. The van der Waals surface area contributed by atoms with Crippen molar-refractivity contribution in [3.05, 3.63) is 146 Å². The second-order valence-corrected chi connectivity index (χ2v) is 22.0. The molecule has 3 aliphatic rings. The van der Waals surface area contributed by atoms with E-state index in [1.54, 1.807) is 0 Å². The van der Waals surface area contributed by atoms with Gasteiger partial charge in [-0.1, -0.05) is 77.5 Å². The van der Waals surface area contributed by atoms with E-state index in [1.807, 2.05) is 0 Å². The fourth-order valence-electron chi connectivity index (χ4n) is 12.4. The van der Waals surface area contributed by atoms with Crippen LogP contribution in [0.25, 0.3) is 11.1 Å². The maximum absolute atomic E-state index is 6.38. The summed E-state index contributed by atoms with van der Waals surface area (Å²) < 4.78 is 0. The average Bonchev–Trinajstić information content (AvgIpc) is 3.86. The maximum Gasteiger partial charge on any atom is 0.151 e. The highest BCUT2D eigenvalue weighted by Gasteiger charge is 2.60. The summed E-state index contributed by atoms with van der Waals surface area (Å²) in [6.45, 7) is 10.5. The molecular formula is C44H62B25N. The molecule has 0 radical (unpaired) electrons. The summed E-state index contributed by atoms with van der Waals surface area (Å²) in [5.41, 5.74) is 40.8. The lowest BCUT2D eigenvalue weighted by atomic mass is 9.53. The Labute approximate surface area is 447 Å². The smallest absolute Gasteiger partial charge is 0.151 e. The van der Waals surface area contributed by atoms with Gasteiger partial charge in [-0.15, -0.1) is 80.6 Å². The van der Waals surface area contributed by atoms with Crippen LogP contribution in [0.2, 0.25) is 0 Å². The van der Waals surface area contributed by atoms with Crippen LogP contribution in [-0.2, 0) is 5.41 Å². The van der Waals surface area contributed by atoms with Gasteiger partial charge < -0.3 is 4.90 Å². The Morgan fingerprint density at radius 1 is 0.586 bits per heavy atom. The minimum atomic E-state index is -0.454. The number of anilines is 1. The van der Waals surface area contributed by atoms with E-state index < -0.39 is 5.41 Å². The molecule has 0 amide bonds. The van der Waals surface area contributed by atoms with Crippen molar-refractivity contribution >= 4 is 251 Å². The van der Waals surface area contributed by atoms with Crippen LogP contribution in [0.3, 0.4) is 0 Å². The molecule has 1 spiro atoms. The number of fused-ring (bicyclic) bond motifs is 5. The number of terminal acetylenes is 2. The molecule has 0 N–H and O–H groups in total. The molecule has 26 heteroatoms. The predicted molar refractivity (Wildman–Crippen MR) is 387 cm³/mol. The number of allylic oxidation sites excluding steroid dienone is 19. The van der Waals surface area contributed by atoms with Crippen molar-refractivity contribution in [1.82, 2.24) is 0 Å². The zero-order valence-corrected chi connectivity index (χ0v) is 48.6. The predicted octanol–water partition coefficient (Wildman–Crippen LogP) is -21.2. The zero-order chi connectivity index (χ0) is 53.2. The molecule has 2 unspecified atom stereocenters. The van der Waals surface area contributed by atoms with Crippen LogP contribution in [0, 0.1) is 30.6 Å². The molecule has 0 fully saturated rings. The van der Waals surface area contributed by atoms with Gasteiger partial charge in [0.1, 0.15) is 188 Å². The molecule has 1 nitrogen and oxygen atoms in total. The third-order valence-electron chi connectivity index (χ3n) is 18.3. The molecule has 2 atom stereocenters. The van der Waals surface area contributed by atoms with E-state index in [4.69, 9.17) is 12.8 Å². The van der Waals surface area contributed by atoms with Crippen LogP contribution < -0.4 is 43.1 Å². The van der Waals surface area contributed by atoms with E-state index in [0.717, 1.165) is 33.9 Å². The summed E-state index contributed by atoms with van der Waals surface area (Å²) in [7, 11) is 57.0. The summed E-state index contributed by atoms with van der Waals surface area (Å²) in [5, 5.41) is 1.34. The molecule has 0 heterocycles. The Bertz CT molecular complexity index is 3170. The Kier molecular flexibility index (Phi) is 17.1. The standard InChI is InChI=1S/C44H62B25N/c1-5-13(47)19(22-34(59)39(64)41(66)40(65)35(22)60)28(53)15(49)8-70(9-16(50)30(55)29(54)14(48)6-2)17-7-12-18(32(57)31(17)56)20-24(37(62)38(63)33(20)58)44(12)25(43(68)69)21(26(51)10(3)45)23(42(44)67)36(61)27(52)11(4)46/h1-2,7,24H,3-4,8-9,45-69H2/b19-13+,26-21+,28-15-,29-14-,30-16-,36-27-. The van der Waals surface area contributed by atoms with Crippen molar-refractivity contribution in [1.29, 1.82) is 0 Å². The summed E-state index contributed by atoms with van der Waals surface area (Å²) >= 11 is 0. The van der Waals surface area contributed by atoms with Crippen LogP contribution in [-0.4, -0.2) is 209 Å². The van der Waals surface area contributed by atoms with Gasteiger partial charge in [0.2, 0.25) is 0 Å². The van der Waals surface area contributed by atoms with E-state index in [0.29, 0.717) is 6.54 Å². The minimum Gasteiger partial charge on any atom is -0.366 e. The first-order chi connectivity index (χ1) is 32.4. The average molecular weight is 875 g/mol. The highest BCUT2D eigenvalue weighted by atomic mass is 15.1. The van der Waals surface area contributed by atoms with Gasteiger partial charge in [0, 0.05) is 30.1 Å². The molecule has 2 aromatic rings. The maximum atomic E-state index is 6.38. The van der Waals surface area contributed by atoms with E-state index in [1.165, 1.54) is 154 Å². The highest BCUT2D eigenvalue weighted by Crippen LogP contribution is 2.68. The highest BCUT2D eigenvalue weighted by molar-refractivity contribution is 6.68. The fraction of sp³-hybridized carbons (Fsp3) is 0.0909. The molecule has 5 rings (SSSR count). The van der Waals surface area contributed by atoms with E-state index in [-0.39, 0.29) is 5.92 Å². The quantitative estimate of drug-likeness (QED) is 0.124. The molecule has 0 bridgehead atoms. The summed E-state index contributed by atoms with van der Waals surface area (Å²) in [4.78, 5) is 2.66. The monoisotopic (exact) mass is 880 g/mol. The van der Waals surface area contributed by atoms with Gasteiger partial charge in [0.05, 0.1) is 0 Å². The summed E-state index contributed by atoms with van der Waals surface area (Å²) in [6, 6.07) is 2.64. The normalized spacial score (nSPS) is 19.8. The van der Waals surface area contributed by atoms with Crippen LogP contribution in [0.15, 0.2) is 129 Å². The van der Waals surface area contributed by atoms with E-state index in [9.17, 15) is 0 Å². The van der Waals surface area contributed by atoms with Crippen molar-refractivity contribution < 1.29 is 0 Å². The lowest BCUT2D eigenvalue weighted by Crippen LogP contribution is -2.56. The number of rotatable bonds is 11. The number of nitrogens with zero attached hydrogens (tertiary/aromatic N) is 1. The van der Waals surface area contributed by atoms with Gasteiger partial charge >= 0.3 is 0 Å². The summed E-state index contributed by atoms with van der Waals surface area (Å²) in [6.07, 6.45) is 12.4. The second kappa shape index (κ2) is 21.1. The van der Waals surface area contributed by atoms with Gasteiger partial charge in [-0.2, -0.15) is 0 Å². The molecule has 70 heavy (non-hydrogen) atoms. The number of hydrogen-bond donors (Lipinski definition) is 0. The number of benzene rings is 2. The molecule has 318 valence electrons. The van der Waals surface area contributed by atoms with Crippen molar-refractivity contribution in [3.8, 4) is 24.7 Å². The lowest BCUT2D eigenvalue weighted by Gasteiger charge is -2.40. The van der Waals surface area contributed by atoms with Crippen LogP contribution in [0.1, 0.15) is 16.7 Å². The number of hydrogen-bond acceptors (Lipinski definition) is 1. The molecule has 2 aromatic carbocycles. The van der Waals surface area contributed by atoms with Gasteiger partial charge in [-0.3, -0.25) is 0 Å². The van der Waals surface area contributed by atoms with Crippen LogP contribution in [0.4, 0.5) is 5.69 Å². The zero-order valence-electron chi connectivity index (χ0n) is 48.6. The molecule has 0 saturated heterocycles.